The third kappa shape index (κ3) is 3.24. The Kier molecular flexibility index (Phi) is 4.65. The number of hydrogen-bond acceptors (Lipinski definition) is 2. The molecule has 0 bridgehead atoms. The lowest BCUT2D eigenvalue weighted by molar-refractivity contribution is 0.669. The highest BCUT2D eigenvalue weighted by Gasteiger charge is 2.18. The minimum absolute atomic E-state index is 0.929. The first-order valence-corrected chi connectivity index (χ1v) is 14.8. The number of benzene rings is 6. The van der Waals surface area contributed by atoms with Gasteiger partial charge in [-0.2, -0.15) is 0 Å². The van der Waals surface area contributed by atoms with Gasteiger partial charge in [-0.15, -0.1) is 11.3 Å². The van der Waals surface area contributed by atoms with Gasteiger partial charge in [-0.1, -0.05) is 71.8 Å². The molecule has 2 nitrogen and oxygen atoms in total. The molecule has 0 saturated heterocycles. The van der Waals surface area contributed by atoms with Crippen LogP contribution < -0.4 is 0 Å². The lowest BCUT2D eigenvalue weighted by atomic mass is 9.98. The highest BCUT2D eigenvalue weighted by atomic mass is 32.1. The molecule has 3 heteroatoms. The van der Waals surface area contributed by atoms with E-state index in [1.807, 2.05) is 23.5 Å². The molecule has 0 atom stereocenters. The Morgan fingerprint density at radius 3 is 2.07 bits per heavy atom. The second-order valence-corrected chi connectivity index (χ2v) is 12.2. The van der Waals surface area contributed by atoms with Crippen molar-refractivity contribution in [2.45, 2.75) is 13.8 Å². The highest BCUT2D eigenvalue weighted by molar-refractivity contribution is 7.26. The molecule has 0 amide bonds. The van der Waals surface area contributed by atoms with Gasteiger partial charge < -0.3 is 8.98 Å². The zero-order chi connectivity index (χ0) is 27.2. The van der Waals surface area contributed by atoms with Crippen LogP contribution in [0.1, 0.15) is 11.1 Å². The normalized spacial score (nSPS) is 12.1. The van der Waals surface area contributed by atoms with Crippen molar-refractivity contribution < 1.29 is 4.42 Å². The van der Waals surface area contributed by atoms with Crippen molar-refractivity contribution in [3.8, 4) is 16.8 Å². The summed E-state index contributed by atoms with van der Waals surface area (Å²) in [4.78, 5) is 0. The van der Waals surface area contributed by atoms with E-state index in [9.17, 15) is 0 Å². The maximum Gasteiger partial charge on any atom is 0.136 e. The molecule has 0 saturated carbocycles. The second-order valence-electron chi connectivity index (χ2n) is 11.1. The fourth-order valence-corrected chi connectivity index (χ4v) is 7.84. The van der Waals surface area contributed by atoms with Crippen molar-refractivity contribution in [2.24, 2.45) is 0 Å². The van der Waals surface area contributed by atoms with Crippen molar-refractivity contribution in [1.82, 2.24) is 4.57 Å². The van der Waals surface area contributed by atoms with Gasteiger partial charge in [-0.05, 0) is 79.6 Å². The average molecular weight is 544 g/mol. The van der Waals surface area contributed by atoms with E-state index in [0.29, 0.717) is 0 Å². The van der Waals surface area contributed by atoms with Crippen LogP contribution in [-0.4, -0.2) is 4.57 Å². The largest absolute Gasteiger partial charge is 0.456 e. The van der Waals surface area contributed by atoms with Gasteiger partial charge in [0, 0.05) is 37.0 Å². The van der Waals surface area contributed by atoms with E-state index >= 15 is 0 Å². The number of thiophene rings is 1. The molecule has 3 aromatic heterocycles. The Labute approximate surface area is 240 Å². The lowest BCUT2D eigenvalue weighted by Crippen LogP contribution is -1.94. The van der Waals surface area contributed by atoms with Crippen LogP contribution in [0.5, 0.6) is 0 Å². The maximum atomic E-state index is 6.20. The summed E-state index contributed by atoms with van der Waals surface area (Å²) < 4.78 is 11.3. The fraction of sp³-hybridized carbons (Fsp3) is 0.0526. The molecule has 0 radical (unpaired) electrons. The van der Waals surface area contributed by atoms with E-state index in [-0.39, 0.29) is 0 Å². The van der Waals surface area contributed by atoms with Gasteiger partial charge in [-0.3, -0.25) is 0 Å². The van der Waals surface area contributed by atoms with E-state index in [1.165, 1.54) is 75.3 Å². The number of fused-ring (bicyclic) bond motifs is 9. The predicted octanol–water partition coefficient (Wildman–Crippen LogP) is 11.3. The van der Waals surface area contributed by atoms with Crippen LogP contribution in [0.2, 0.25) is 0 Å². The van der Waals surface area contributed by atoms with Crippen LogP contribution >= 0.6 is 11.3 Å². The summed E-state index contributed by atoms with van der Waals surface area (Å²) in [5.74, 6) is 0. The number of hydrogen-bond donors (Lipinski definition) is 0. The molecule has 6 aromatic carbocycles. The summed E-state index contributed by atoms with van der Waals surface area (Å²) in [7, 11) is 0. The van der Waals surface area contributed by atoms with Crippen molar-refractivity contribution >= 4 is 75.3 Å². The topological polar surface area (TPSA) is 18.1 Å². The van der Waals surface area contributed by atoms with Crippen LogP contribution in [-0.2, 0) is 0 Å². The minimum Gasteiger partial charge on any atom is -0.456 e. The van der Waals surface area contributed by atoms with E-state index in [1.54, 1.807) is 0 Å². The van der Waals surface area contributed by atoms with E-state index in [0.717, 1.165) is 16.6 Å². The third-order valence-corrected chi connectivity index (χ3v) is 9.72. The molecule has 3 heterocycles. The molecule has 0 aliphatic heterocycles. The molecule has 41 heavy (non-hydrogen) atoms. The van der Waals surface area contributed by atoms with Crippen molar-refractivity contribution in [3.05, 3.63) is 126 Å². The van der Waals surface area contributed by atoms with Crippen molar-refractivity contribution in [1.29, 1.82) is 0 Å². The molecule has 0 fully saturated rings. The van der Waals surface area contributed by atoms with Gasteiger partial charge in [0.05, 0.1) is 21.4 Å². The summed E-state index contributed by atoms with van der Waals surface area (Å²) in [5, 5.41) is 7.55. The van der Waals surface area contributed by atoms with E-state index < -0.39 is 0 Å². The Balaban J connectivity index is 1.32. The van der Waals surface area contributed by atoms with Crippen LogP contribution in [0.15, 0.2) is 120 Å². The second kappa shape index (κ2) is 8.33. The van der Waals surface area contributed by atoms with E-state index in [2.05, 4.69) is 122 Å². The highest BCUT2D eigenvalue weighted by Crippen LogP contribution is 2.43. The summed E-state index contributed by atoms with van der Waals surface area (Å²) in [6, 6.07) is 42.0. The maximum absolute atomic E-state index is 6.20. The van der Waals surface area contributed by atoms with Crippen LogP contribution in [0.25, 0.3) is 80.7 Å². The van der Waals surface area contributed by atoms with Gasteiger partial charge in [0.2, 0.25) is 0 Å². The third-order valence-electron chi connectivity index (χ3n) is 8.51. The predicted molar refractivity (Wildman–Crippen MR) is 176 cm³/mol. The van der Waals surface area contributed by atoms with Gasteiger partial charge in [0.25, 0.3) is 0 Å². The van der Waals surface area contributed by atoms with Gasteiger partial charge in [0.1, 0.15) is 11.2 Å². The standard InChI is InChI=1S/C38H25NOS/c1-22-13-16-31-28(19-22)29-20-23(2)14-17-32(29)39(31)33-10-5-9-26-30-21-24(15-18-36(30)41-38(26)33)25-8-6-12-35-37(25)27-7-3-4-11-34(27)40-35/h3-21H,1-2H3. The monoisotopic (exact) mass is 543 g/mol. The molecule has 0 N–H and O–H groups in total. The number of furan rings is 1. The molecule has 194 valence electrons. The van der Waals surface area contributed by atoms with Crippen molar-refractivity contribution in [3.63, 3.8) is 0 Å². The van der Waals surface area contributed by atoms with E-state index in [4.69, 9.17) is 4.42 Å². The minimum atomic E-state index is 0.929. The van der Waals surface area contributed by atoms with Gasteiger partial charge in [-0.25, -0.2) is 0 Å². The van der Waals surface area contributed by atoms with Crippen LogP contribution in [0.4, 0.5) is 0 Å². The summed E-state index contributed by atoms with van der Waals surface area (Å²) in [6.45, 7) is 4.35. The molecule has 9 rings (SSSR count). The number of para-hydroxylation sites is 1. The summed E-state index contributed by atoms with van der Waals surface area (Å²) in [6.07, 6.45) is 0. The number of aromatic nitrogens is 1. The molecule has 0 unspecified atom stereocenters. The average Bonchev–Trinajstić information content (AvgIpc) is 3.66. The van der Waals surface area contributed by atoms with Crippen molar-refractivity contribution in [2.75, 3.05) is 0 Å². The summed E-state index contributed by atoms with van der Waals surface area (Å²) >= 11 is 1.88. The number of nitrogens with zero attached hydrogens (tertiary/aromatic N) is 1. The van der Waals surface area contributed by atoms with Crippen LogP contribution in [0, 0.1) is 13.8 Å². The Morgan fingerprint density at radius 1 is 0.561 bits per heavy atom. The first kappa shape index (κ1) is 22.9. The molecule has 9 aromatic rings. The summed E-state index contributed by atoms with van der Waals surface area (Å²) in [5.41, 5.74) is 10.6. The Hall–Kier alpha value is -4.86. The zero-order valence-electron chi connectivity index (χ0n) is 22.7. The van der Waals surface area contributed by atoms with Gasteiger partial charge in [0.15, 0.2) is 0 Å². The smallest absolute Gasteiger partial charge is 0.136 e. The number of rotatable bonds is 2. The van der Waals surface area contributed by atoms with Crippen LogP contribution in [0.3, 0.4) is 0 Å². The quantitative estimate of drug-likeness (QED) is 0.212. The molecule has 0 aliphatic rings. The fourth-order valence-electron chi connectivity index (χ4n) is 6.65. The SMILES string of the molecule is Cc1ccc2c(c1)c1cc(C)ccc1n2-c1cccc2c1sc1ccc(-c3cccc4oc5ccccc5c34)cc12. The van der Waals surface area contributed by atoms with Gasteiger partial charge >= 0.3 is 0 Å². The lowest BCUT2D eigenvalue weighted by Gasteiger charge is -2.09. The number of aryl methyl sites for hydroxylation is 2. The molecule has 0 spiro atoms. The first-order valence-electron chi connectivity index (χ1n) is 14.0. The Morgan fingerprint density at radius 2 is 1.27 bits per heavy atom. The molecular formula is C38H25NOS. The molecule has 0 aliphatic carbocycles. The first-order chi connectivity index (χ1) is 20.1. The Bertz CT molecular complexity index is 2450. The molecular weight excluding hydrogens is 518 g/mol. The zero-order valence-corrected chi connectivity index (χ0v) is 23.5.